The molecule has 2 amide bonds. The van der Waals surface area contributed by atoms with Crippen LogP contribution in [0.5, 0.6) is 0 Å². The highest BCUT2D eigenvalue weighted by Gasteiger charge is 2.52. The molecule has 172 valence electrons. The number of amides is 2. The van der Waals surface area contributed by atoms with Crippen molar-refractivity contribution in [2.24, 2.45) is 0 Å². The van der Waals surface area contributed by atoms with Gasteiger partial charge in [0.1, 0.15) is 12.2 Å². The van der Waals surface area contributed by atoms with E-state index in [9.17, 15) is 26.4 Å². The second-order valence-electron chi connectivity index (χ2n) is 6.52. The molecule has 4 atom stereocenters. The molecule has 4 aliphatic heterocycles. The number of ether oxygens (including phenoxy) is 4. The third-order valence-corrected chi connectivity index (χ3v) is 7.28. The molecule has 4 saturated heterocycles. The second kappa shape index (κ2) is 8.80. The third-order valence-electron chi connectivity index (χ3n) is 4.62. The van der Waals surface area contributed by atoms with Crippen LogP contribution in [0.4, 0.5) is 9.59 Å². The van der Waals surface area contributed by atoms with Crippen LogP contribution in [-0.2, 0) is 47.9 Å². The van der Waals surface area contributed by atoms with Gasteiger partial charge >= 0.3 is 32.8 Å². The lowest BCUT2D eigenvalue weighted by Crippen LogP contribution is -2.45. The molecule has 0 aromatic rings. The molecule has 0 saturated carbocycles. The van der Waals surface area contributed by atoms with Crippen molar-refractivity contribution in [1.82, 2.24) is 8.61 Å². The van der Waals surface area contributed by atoms with Crippen molar-refractivity contribution in [1.29, 1.82) is 0 Å². The summed E-state index contributed by atoms with van der Waals surface area (Å²) in [5, 5.41) is 0. The molecule has 4 aliphatic rings. The summed E-state index contributed by atoms with van der Waals surface area (Å²) in [4.78, 5) is 22.5. The standard InChI is InChI=1S/2C7H11NO6S/c2*1-12-7(9)8-6-5(3-2-4-13-6)14-15(8,10)11/h2*5-6H,2-4H2,1H3/t2*5-,6+/m11/s1. The van der Waals surface area contributed by atoms with Crippen LogP contribution < -0.4 is 0 Å². The molecule has 16 heteroatoms. The summed E-state index contributed by atoms with van der Waals surface area (Å²) < 4.78 is 75.5. The Morgan fingerprint density at radius 1 is 0.767 bits per heavy atom. The Hall–Kier alpha value is -1.72. The van der Waals surface area contributed by atoms with Gasteiger partial charge in [0.15, 0.2) is 12.5 Å². The van der Waals surface area contributed by atoms with Gasteiger partial charge in [-0.2, -0.15) is 25.4 Å². The fourth-order valence-electron chi connectivity index (χ4n) is 3.34. The third kappa shape index (κ3) is 4.33. The fourth-order valence-corrected chi connectivity index (χ4v) is 5.94. The van der Waals surface area contributed by atoms with Gasteiger partial charge in [-0.3, -0.25) is 0 Å². The number of hydrogen-bond donors (Lipinski definition) is 0. The van der Waals surface area contributed by atoms with Gasteiger partial charge in [0.25, 0.3) is 0 Å². The number of fused-ring (bicyclic) bond motifs is 2. The van der Waals surface area contributed by atoms with Crippen molar-refractivity contribution < 1.29 is 53.7 Å². The van der Waals surface area contributed by atoms with E-state index >= 15 is 0 Å². The highest BCUT2D eigenvalue weighted by Crippen LogP contribution is 2.33. The minimum absolute atomic E-state index is 0.410. The van der Waals surface area contributed by atoms with E-state index in [-0.39, 0.29) is 0 Å². The van der Waals surface area contributed by atoms with Crippen LogP contribution in [0.15, 0.2) is 0 Å². The Morgan fingerprint density at radius 2 is 1.13 bits per heavy atom. The number of methoxy groups -OCH3 is 2. The fraction of sp³-hybridized carbons (Fsp3) is 0.857. The average Bonchev–Trinajstić information content (AvgIpc) is 3.14. The molecule has 0 N–H and O–H groups in total. The van der Waals surface area contributed by atoms with Crippen molar-refractivity contribution >= 4 is 32.8 Å². The van der Waals surface area contributed by atoms with Crippen LogP contribution in [0.2, 0.25) is 0 Å². The summed E-state index contributed by atoms with van der Waals surface area (Å²) in [5.74, 6) is 0. The first-order valence-corrected chi connectivity index (χ1v) is 11.7. The first-order valence-electron chi connectivity index (χ1n) is 8.97. The Morgan fingerprint density at radius 3 is 1.47 bits per heavy atom. The molecule has 0 aromatic heterocycles. The van der Waals surface area contributed by atoms with Crippen LogP contribution in [0.25, 0.3) is 0 Å². The van der Waals surface area contributed by atoms with Crippen molar-refractivity contribution in [3.8, 4) is 0 Å². The summed E-state index contributed by atoms with van der Waals surface area (Å²) in [6.07, 6.45) is -2.40. The first-order chi connectivity index (χ1) is 14.1. The van der Waals surface area contributed by atoms with Crippen LogP contribution in [0.1, 0.15) is 25.7 Å². The van der Waals surface area contributed by atoms with E-state index in [4.69, 9.17) is 17.8 Å². The molecule has 14 nitrogen and oxygen atoms in total. The molecular formula is C14H22N2O12S2. The monoisotopic (exact) mass is 474 g/mol. The highest BCUT2D eigenvalue weighted by atomic mass is 32.2. The lowest BCUT2D eigenvalue weighted by atomic mass is 10.1. The average molecular weight is 474 g/mol. The predicted molar refractivity (Wildman–Crippen MR) is 94.0 cm³/mol. The normalized spacial score (nSPS) is 33.5. The van der Waals surface area contributed by atoms with Crippen molar-refractivity contribution in [3.63, 3.8) is 0 Å². The predicted octanol–water partition coefficient (Wildman–Crippen LogP) is -0.330. The largest absolute Gasteiger partial charge is 0.452 e. The molecule has 0 aliphatic carbocycles. The van der Waals surface area contributed by atoms with Gasteiger partial charge in [-0.05, 0) is 25.7 Å². The Labute approximate surface area is 173 Å². The van der Waals surface area contributed by atoms with Gasteiger partial charge in [0.05, 0.1) is 14.2 Å². The van der Waals surface area contributed by atoms with Crippen molar-refractivity contribution in [2.75, 3.05) is 27.4 Å². The molecule has 0 spiro atoms. The Balaban J connectivity index is 0.000000171. The maximum atomic E-state index is 11.5. The van der Waals surface area contributed by atoms with E-state index in [0.717, 1.165) is 14.2 Å². The zero-order valence-electron chi connectivity index (χ0n) is 16.2. The van der Waals surface area contributed by atoms with E-state index in [0.29, 0.717) is 47.5 Å². The molecule has 4 heterocycles. The number of carbonyl (C=O) groups excluding carboxylic acids is 2. The molecule has 0 unspecified atom stereocenters. The SMILES string of the molecule is COC(=O)N1[C@H]2OCCC[C@H]2OS1(=O)=O.COC(=O)N1[C@H]2OCCC[C@H]2OS1(=O)=O. The molecule has 0 aromatic carbocycles. The minimum Gasteiger partial charge on any atom is -0.452 e. The second-order valence-corrected chi connectivity index (χ2v) is 9.41. The maximum Gasteiger partial charge on any atom is 0.427 e. The van der Waals surface area contributed by atoms with E-state index in [1.54, 1.807) is 0 Å². The molecular weight excluding hydrogens is 452 g/mol. The number of hydrogen-bond acceptors (Lipinski definition) is 12. The van der Waals surface area contributed by atoms with Gasteiger partial charge in [0.2, 0.25) is 0 Å². The summed E-state index contributed by atoms with van der Waals surface area (Å²) in [5.41, 5.74) is 0. The Bertz CT molecular complexity index is 803. The van der Waals surface area contributed by atoms with Crippen LogP contribution >= 0.6 is 0 Å². The van der Waals surface area contributed by atoms with Crippen LogP contribution in [-0.4, -0.2) is 89.7 Å². The van der Waals surface area contributed by atoms with Gasteiger partial charge in [-0.1, -0.05) is 0 Å². The first kappa shape index (κ1) is 23.0. The Kier molecular flexibility index (Phi) is 6.73. The molecule has 0 radical (unpaired) electrons. The summed E-state index contributed by atoms with van der Waals surface area (Å²) in [6, 6.07) is 0. The van der Waals surface area contributed by atoms with Gasteiger partial charge in [-0.15, -0.1) is 0 Å². The van der Waals surface area contributed by atoms with Gasteiger partial charge < -0.3 is 18.9 Å². The number of nitrogens with zero attached hydrogens (tertiary/aromatic N) is 2. The highest BCUT2D eigenvalue weighted by molar-refractivity contribution is 7.85. The van der Waals surface area contributed by atoms with Crippen molar-refractivity contribution in [2.45, 2.75) is 50.3 Å². The van der Waals surface area contributed by atoms with E-state index in [1.165, 1.54) is 0 Å². The zero-order chi connectivity index (χ0) is 22.1. The van der Waals surface area contributed by atoms with E-state index in [2.05, 4.69) is 9.47 Å². The lowest BCUT2D eigenvalue weighted by Gasteiger charge is -2.26. The zero-order valence-corrected chi connectivity index (χ0v) is 17.8. The quantitative estimate of drug-likeness (QED) is 0.449. The van der Waals surface area contributed by atoms with E-state index in [1.807, 2.05) is 0 Å². The minimum atomic E-state index is -4.05. The maximum absolute atomic E-state index is 11.5. The van der Waals surface area contributed by atoms with Gasteiger partial charge in [0, 0.05) is 13.2 Å². The van der Waals surface area contributed by atoms with Crippen LogP contribution in [0.3, 0.4) is 0 Å². The molecule has 30 heavy (non-hydrogen) atoms. The molecule has 4 rings (SSSR count). The molecule has 0 bridgehead atoms. The van der Waals surface area contributed by atoms with E-state index < -0.39 is 57.5 Å². The molecule has 4 fully saturated rings. The topological polar surface area (TPSA) is 164 Å². The number of rotatable bonds is 0. The summed E-state index contributed by atoms with van der Waals surface area (Å²) in [7, 11) is -5.88. The summed E-state index contributed by atoms with van der Waals surface area (Å²) in [6.45, 7) is 0.821. The summed E-state index contributed by atoms with van der Waals surface area (Å²) >= 11 is 0. The lowest BCUT2D eigenvalue weighted by molar-refractivity contribution is -0.0776. The van der Waals surface area contributed by atoms with Gasteiger partial charge in [-0.25, -0.2) is 18.0 Å². The van der Waals surface area contributed by atoms with Crippen molar-refractivity contribution in [3.05, 3.63) is 0 Å². The smallest absolute Gasteiger partial charge is 0.427 e. The van der Waals surface area contributed by atoms with Crippen LogP contribution in [0, 0.1) is 0 Å². The number of carbonyl (C=O) groups is 2.